The number of methoxy groups -OCH3 is 3. The predicted molar refractivity (Wildman–Crippen MR) is 110 cm³/mol. The number of halogens is 1. The molecule has 27 heavy (non-hydrogen) atoms. The normalized spacial score (nSPS) is 19.4. The topological polar surface area (TPSA) is 51.8 Å². The van der Waals surface area contributed by atoms with Crippen LogP contribution in [0.2, 0.25) is 5.02 Å². The minimum absolute atomic E-state index is 0.310. The van der Waals surface area contributed by atoms with Crippen LogP contribution in [0.4, 0.5) is 5.69 Å². The van der Waals surface area contributed by atoms with E-state index in [9.17, 15) is 0 Å². The largest absolute Gasteiger partial charge is 0.495 e. The highest BCUT2D eigenvalue weighted by Gasteiger charge is 2.23. The zero-order valence-corrected chi connectivity index (χ0v) is 16.8. The Bertz CT molecular complexity index is 769. The number of benzene rings is 2. The van der Waals surface area contributed by atoms with Crippen molar-refractivity contribution in [3.63, 3.8) is 0 Å². The van der Waals surface area contributed by atoms with Crippen LogP contribution in [0.5, 0.6) is 17.2 Å². The summed E-state index contributed by atoms with van der Waals surface area (Å²) in [4.78, 5) is 0. The first kappa shape index (κ1) is 19.6. The van der Waals surface area contributed by atoms with Crippen molar-refractivity contribution in [1.82, 2.24) is 5.32 Å². The molecule has 1 aliphatic heterocycles. The minimum Gasteiger partial charge on any atom is -0.495 e. The van der Waals surface area contributed by atoms with E-state index in [2.05, 4.69) is 22.8 Å². The quantitative estimate of drug-likeness (QED) is 0.720. The van der Waals surface area contributed by atoms with Gasteiger partial charge in [0.1, 0.15) is 5.75 Å². The molecule has 0 spiro atoms. The number of ether oxygens (including phenoxy) is 3. The van der Waals surface area contributed by atoms with Crippen LogP contribution in [0.3, 0.4) is 0 Å². The summed E-state index contributed by atoms with van der Waals surface area (Å²) in [5, 5.41) is 7.85. The van der Waals surface area contributed by atoms with Crippen molar-refractivity contribution in [2.75, 3.05) is 33.2 Å². The summed E-state index contributed by atoms with van der Waals surface area (Å²) in [6, 6.07) is 12.6. The third-order valence-corrected chi connectivity index (χ3v) is 5.31. The highest BCUT2D eigenvalue weighted by molar-refractivity contribution is 6.32. The third kappa shape index (κ3) is 4.79. The number of hydrogen-bond acceptors (Lipinski definition) is 5. The first-order valence-electron chi connectivity index (χ1n) is 9.20. The molecule has 2 N–H and O–H groups in total. The fourth-order valence-electron chi connectivity index (χ4n) is 3.52. The van der Waals surface area contributed by atoms with Crippen LogP contribution in [0.1, 0.15) is 30.9 Å². The van der Waals surface area contributed by atoms with Gasteiger partial charge in [-0.15, -0.1) is 0 Å². The van der Waals surface area contributed by atoms with E-state index in [1.54, 1.807) is 21.3 Å². The van der Waals surface area contributed by atoms with E-state index in [4.69, 9.17) is 25.8 Å². The van der Waals surface area contributed by atoms with E-state index < -0.39 is 0 Å². The second-order valence-electron chi connectivity index (χ2n) is 6.69. The molecule has 5 nitrogen and oxygen atoms in total. The van der Waals surface area contributed by atoms with Crippen molar-refractivity contribution < 1.29 is 14.2 Å². The Morgan fingerprint density at radius 2 is 1.74 bits per heavy atom. The maximum Gasteiger partial charge on any atom is 0.161 e. The molecule has 1 fully saturated rings. The average molecular weight is 391 g/mol. The number of nitrogens with one attached hydrogen (secondary N) is 2. The van der Waals surface area contributed by atoms with Crippen molar-refractivity contribution in [3.8, 4) is 17.2 Å². The van der Waals surface area contributed by atoms with Gasteiger partial charge in [0, 0.05) is 30.4 Å². The number of rotatable bonds is 7. The SMILES string of the molecule is COc1cc(NCC2CCCC(c3ccc(OC)c(OC)c3)N2)ccc1Cl. The molecular formula is C21H27ClN2O3. The lowest BCUT2D eigenvalue weighted by Crippen LogP contribution is -2.41. The first-order valence-corrected chi connectivity index (χ1v) is 9.57. The molecular weight excluding hydrogens is 364 g/mol. The van der Waals surface area contributed by atoms with Gasteiger partial charge in [0.05, 0.1) is 26.4 Å². The number of piperidine rings is 1. The van der Waals surface area contributed by atoms with Gasteiger partial charge in [-0.1, -0.05) is 17.7 Å². The van der Waals surface area contributed by atoms with Gasteiger partial charge in [0.2, 0.25) is 0 Å². The van der Waals surface area contributed by atoms with Gasteiger partial charge in [-0.25, -0.2) is 0 Å². The van der Waals surface area contributed by atoms with Crippen LogP contribution in [-0.2, 0) is 0 Å². The molecule has 146 valence electrons. The zero-order valence-electron chi connectivity index (χ0n) is 16.0. The van der Waals surface area contributed by atoms with E-state index >= 15 is 0 Å². The average Bonchev–Trinajstić information content (AvgIpc) is 2.72. The molecule has 6 heteroatoms. The lowest BCUT2D eigenvalue weighted by Gasteiger charge is -2.32. The molecule has 0 amide bonds. The monoisotopic (exact) mass is 390 g/mol. The Balaban J connectivity index is 1.62. The molecule has 3 rings (SSSR count). The summed E-state index contributed by atoms with van der Waals surface area (Å²) in [6.45, 7) is 0.842. The van der Waals surface area contributed by atoms with Gasteiger partial charge < -0.3 is 24.8 Å². The lowest BCUT2D eigenvalue weighted by atomic mass is 9.93. The van der Waals surface area contributed by atoms with Crippen molar-refractivity contribution in [1.29, 1.82) is 0 Å². The maximum absolute atomic E-state index is 6.09. The highest BCUT2D eigenvalue weighted by atomic mass is 35.5. The van der Waals surface area contributed by atoms with Gasteiger partial charge in [0.25, 0.3) is 0 Å². The van der Waals surface area contributed by atoms with E-state index in [1.165, 1.54) is 12.0 Å². The maximum atomic E-state index is 6.09. The summed E-state index contributed by atoms with van der Waals surface area (Å²) in [6.07, 6.45) is 3.44. The Labute approximate surface area is 166 Å². The van der Waals surface area contributed by atoms with Crippen LogP contribution in [0.15, 0.2) is 36.4 Å². The van der Waals surface area contributed by atoms with Crippen molar-refractivity contribution >= 4 is 17.3 Å². The standard InChI is InChI=1S/C21H27ClN2O3/c1-25-19-10-7-14(11-21(19)27-3)18-6-4-5-16(24-18)13-23-15-8-9-17(22)20(12-15)26-2/h7-12,16,18,23-24H,4-6,13H2,1-3H3. The molecule has 2 aromatic carbocycles. The van der Waals surface area contributed by atoms with Gasteiger partial charge in [-0.2, -0.15) is 0 Å². The molecule has 1 aliphatic rings. The molecule has 2 unspecified atom stereocenters. The molecule has 0 radical (unpaired) electrons. The predicted octanol–water partition coefficient (Wildman–Crippen LogP) is 4.66. The fourth-order valence-corrected chi connectivity index (χ4v) is 3.72. The lowest BCUT2D eigenvalue weighted by molar-refractivity contribution is 0.329. The van der Waals surface area contributed by atoms with Crippen LogP contribution in [0.25, 0.3) is 0 Å². The van der Waals surface area contributed by atoms with Crippen LogP contribution >= 0.6 is 11.6 Å². The van der Waals surface area contributed by atoms with Gasteiger partial charge in [-0.3, -0.25) is 0 Å². The molecule has 0 aromatic heterocycles. The van der Waals surface area contributed by atoms with Crippen LogP contribution in [0, 0.1) is 0 Å². The van der Waals surface area contributed by atoms with Gasteiger partial charge in [-0.05, 0) is 49.1 Å². The van der Waals surface area contributed by atoms with E-state index in [-0.39, 0.29) is 0 Å². The second-order valence-corrected chi connectivity index (χ2v) is 7.10. The fraction of sp³-hybridized carbons (Fsp3) is 0.429. The highest BCUT2D eigenvalue weighted by Crippen LogP contribution is 2.33. The third-order valence-electron chi connectivity index (χ3n) is 5.00. The van der Waals surface area contributed by atoms with E-state index in [0.29, 0.717) is 22.9 Å². The van der Waals surface area contributed by atoms with Gasteiger partial charge in [0.15, 0.2) is 11.5 Å². The first-order chi connectivity index (χ1) is 13.1. The molecule has 0 aliphatic carbocycles. The number of anilines is 1. The van der Waals surface area contributed by atoms with Gasteiger partial charge >= 0.3 is 0 Å². The smallest absolute Gasteiger partial charge is 0.161 e. The Hall–Kier alpha value is -2.11. The van der Waals surface area contributed by atoms with Crippen molar-refractivity contribution in [3.05, 3.63) is 47.0 Å². The van der Waals surface area contributed by atoms with Crippen molar-refractivity contribution in [2.45, 2.75) is 31.3 Å². The minimum atomic E-state index is 0.310. The summed E-state index contributed by atoms with van der Waals surface area (Å²) in [5.41, 5.74) is 2.23. The Morgan fingerprint density at radius 3 is 2.48 bits per heavy atom. The number of hydrogen-bond donors (Lipinski definition) is 2. The molecule has 2 aromatic rings. The molecule has 0 saturated carbocycles. The molecule has 0 bridgehead atoms. The summed E-state index contributed by atoms with van der Waals surface area (Å²) < 4.78 is 16.1. The van der Waals surface area contributed by atoms with Crippen molar-refractivity contribution in [2.24, 2.45) is 0 Å². The molecule has 2 atom stereocenters. The van der Waals surface area contributed by atoms with E-state index in [1.807, 2.05) is 24.3 Å². The summed E-state index contributed by atoms with van der Waals surface area (Å²) in [7, 11) is 4.95. The molecule has 1 heterocycles. The molecule has 1 saturated heterocycles. The second kappa shape index (κ2) is 9.20. The summed E-state index contributed by atoms with van der Waals surface area (Å²) in [5.74, 6) is 2.21. The zero-order chi connectivity index (χ0) is 19.2. The van der Waals surface area contributed by atoms with Crippen LogP contribution in [-0.4, -0.2) is 33.9 Å². The van der Waals surface area contributed by atoms with Crippen LogP contribution < -0.4 is 24.8 Å². The van der Waals surface area contributed by atoms with E-state index in [0.717, 1.165) is 36.6 Å². The Morgan fingerprint density at radius 1 is 0.963 bits per heavy atom. The Kier molecular flexibility index (Phi) is 6.69. The summed E-state index contributed by atoms with van der Waals surface area (Å²) >= 11 is 6.09.